The molecule has 15 heteroatoms. The van der Waals surface area contributed by atoms with Crippen LogP contribution < -0.4 is 0 Å². The molecule has 0 aliphatic carbocycles. The first kappa shape index (κ1) is 27.9. The molecule has 0 saturated heterocycles. The predicted octanol–water partition coefficient (Wildman–Crippen LogP) is 3.79. The van der Waals surface area contributed by atoms with Gasteiger partial charge in [-0.05, 0) is 18.2 Å². The van der Waals surface area contributed by atoms with Crippen LogP contribution in [0.3, 0.4) is 0 Å². The van der Waals surface area contributed by atoms with E-state index < -0.39 is 0 Å². The largest absolute Gasteiger partial charge is 0.452 e. The van der Waals surface area contributed by atoms with Gasteiger partial charge < -0.3 is 23.3 Å². The smallest absolute Gasteiger partial charge is 0.213 e. The van der Waals surface area contributed by atoms with Gasteiger partial charge in [-0.25, -0.2) is 15.0 Å². The van der Waals surface area contributed by atoms with Crippen LogP contribution in [-0.4, -0.2) is 55.5 Å². The Morgan fingerprint density at radius 3 is 1.74 bits per heavy atom. The first-order valence-electron chi connectivity index (χ1n) is 9.46. The van der Waals surface area contributed by atoms with Crippen LogP contribution in [-0.2, 0) is 0 Å². The fourth-order valence-corrected chi connectivity index (χ4v) is 1.68. The lowest BCUT2D eigenvalue weighted by Crippen LogP contribution is -1.53. The number of hydrogen-bond acceptors (Lipinski definition) is 12. The van der Waals surface area contributed by atoms with Gasteiger partial charge in [0.1, 0.15) is 6.26 Å². The Kier molecular flexibility index (Phi) is 20.0. The van der Waals surface area contributed by atoms with E-state index in [4.69, 9.17) is 0 Å². The second-order valence-corrected chi connectivity index (χ2v) is 5.68. The molecule has 7 aromatic heterocycles. The van der Waals surface area contributed by atoms with Gasteiger partial charge >= 0.3 is 0 Å². The highest BCUT2D eigenvalue weighted by molar-refractivity contribution is 7.07. The summed E-state index contributed by atoms with van der Waals surface area (Å²) in [4.78, 5) is 20.0. The van der Waals surface area contributed by atoms with E-state index in [1.165, 1.54) is 38.2 Å². The van der Waals surface area contributed by atoms with E-state index in [1.807, 2.05) is 36.0 Å². The minimum atomic E-state index is 1.26. The molecule has 7 rings (SSSR count). The van der Waals surface area contributed by atoms with Gasteiger partial charge in [0, 0.05) is 48.8 Å². The summed E-state index contributed by atoms with van der Waals surface area (Å²) in [5.41, 5.74) is 1.79. The molecule has 0 aliphatic heterocycles. The van der Waals surface area contributed by atoms with Gasteiger partial charge in [-0.15, -0.1) is 21.5 Å². The number of oxazole rings is 1. The molecule has 0 bridgehead atoms. The molecule has 0 aromatic carbocycles. The SMILES string of the molecule is c1c[nH]cn1.c1cc[nH]c1.c1cn[nH]c1.c1cocn1.c1cscn1.c1ncon1.c1nnco1. The van der Waals surface area contributed by atoms with Crippen molar-refractivity contribution in [1.82, 2.24) is 55.5 Å². The molecule has 0 saturated carbocycles. The number of aromatic nitrogens is 11. The Labute approximate surface area is 203 Å². The van der Waals surface area contributed by atoms with Crippen LogP contribution in [0.15, 0.2) is 137 Å². The Morgan fingerprint density at radius 2 is 1.54 bits per heavy atom. The highest BCUT2D eigenvalue weighted by atomic mass is 32.1. The van der Waals surface area contributed by atoms with Crippen LogP contribution in [0.1, 0.15) is 0 Å². The minimum Gasteiger partial charge on any atom is -0.452 e. The zero-order chi connectivity index (χ0) is 24.7. The van der Waals surface area contributed by atoms with E-state index in [0.29, 0.717) is 0 Å². The first-order valence-corrected chi connectivity index (χ1v) is 10.4. The zero-order valence-corrected chi connectivity index (χ0v) is 19.1. The Balaban J connectivity index is 0.000000204. The van der Waals surface area contributed by atoms with Crippen molar-refractivity contribution < 1.29 is 13.4 Å². The molecule has 0 spiro atoms. The zero-order valence-electron chi connectivity index (χ0n) is 18.3. The van der Waals surface area contributed by atoms with Crippen molar-refractivity contribution in [2.75, 3.05) is 0 Å². The predicted molar refractivity (Wildman–Crippen MR) is 125 cm³/mol. The maximum Gasteiger partial charge on any atom is 0.213 e. The van der Waals surface area contributed by atoms with E-state index in [9.17, 15) is 0 Å². The van der Waals surface area contributed by atoms with Crippen molar-refractivity contribution >= 4 is 11.3 Å². The van der Waals surface area contributed by atoms with Crippen LogP contribution in [0.5, 0.6) is 0 Å². The van der Waals surface area contributed by atoms with Crippen molar-refractivity contribution in [3.63, 3.8) is 0 Å². The summed E-state index contributed by atoms with van der Waals surface area (Å²) in [6.07, 6.45) is 23.7. The molecule has 3 N–H and O–H groups in total. The van der Waals surface area contributed by atoms with Crippen LogP contribution in [0.4, 0.5) is 0 Å². The molecule has 7 aromatic rings. The van der Waals surface area contributed by atoms with Crippen molar-refractivity contribution in [1.29, 1.82) is 0 Å². The fourth-order valence-electron chi connectivity index (χ4n) is 1.33. The minimum absolute atomic E-state index is 1.26. The molecular formula is C20H23N11O3S. The maximum absolute atomic E-state index is 4.47. The number of rotatable bonds is 0. The van der Waals surface area contributed by atoms with E-state index in [0.717, 1.165) is 0 Å². The third-order valence-electron chi connectivity index (χ3n) is 2.57. The average Bonchev–Trinajstić information content (AvgIpc) is 3.81. The second kappa shape index (κ2) is 25.1. The first-order chi connectivity index (χ1) is 17.5. The van der Waals surface area contributed by atoms with Gasteiger partial charge in [0.2, 0.25) is 19.2 Å². The molecule has 0 amide bonds. The summed E-state index contributed by atoms with van der Waals surface area (Å²) >= 11 is 1.60. The number of nitrogens with one attached hydrogen (secondary N) is 3. The lowest BCUT2D eigenvalue weighted by Gasteiger charge is -1.49. The van der Waals surface area contributed by atoms with Crippen molar-refractivity contribution in [3.05, 3.63) is 123 Å². The van der Waals surface area contributed by atoms with Crippen LogP contribution >= 0.6 is 11.3 Å². The van der Waals surface area contributed by atoms with Gasteiger partial charge in [0.15, 0.2) is 12.7 Å². The monoisotopic (exact) mass is 497 g/mol. The molecule has 0 aliphatic rings. The second-order valence-electron chi connectivity index (χ2n) is 4.92. The number of aromatic amines is 3. The van der Waals surface area contributed by atoms with Gasteiger partial charge in [-0.1, -0.05) is 5.16 Å². The number of H-pyrrole nitrogens is 3. The molecule has 7 heterocycles. The average molecular weight is 498 g/mol. The van der Waals surface area contributed by atoms with E-state index in [1.54, 1.807) is 60.4 Å². The van der Waals surface area contributed by atoms with Gasteiger partial charge in [-0.2, -0.15) is 5.10 Å². The number of imidazole rings is 1. The Bertz CT molecular complexity index is 704. The molecule has 0 radical (unpaired) electrons. The summed E-state index contributed by atoms with van der Waals surface area (Å²) in [6, 6.07) is 5.72. The van der Waals surface area contributed by atoms with Gasteiger partial charge in [0.05, 0.1) is 18.0 Å². The van der Waals surface area contributed by atoms with Crippen LogP contribution in [0.25, 0.3) is 0 Å². The quantitative estimate of drug-likeness (QED) is 0.276. The third-order valence-corrected chi connectivity index (χ3v) is 3.09. The molecule has 14 nitrogen and oxygen atoms in total. The highest BCUT2D eigenvalue weighted by Crippen LogP contribution is 1.86. The van der Waals surface area contributed by atoms with Crippen molar-refractivity contribution in [2.45, 2.75) is 0 Å². The maximum atomic E-state index is 4.47. The molecular weight excluding hydrogens is 474 g/mol. The summed E-state index contributed by atoms with van der Waals surface area (Å²) in [7, 11) is 0. The Hall–Kier alpha value is -5.18. The number of nitrogens with zero attached hydrogens (tertiary/aromatic N) is 8. The summed E-state index contributed by atoms with van der Waals surface area (Å²) < 4.78 is 13.1. The van der Waals surface area contributed by atoms with E-state index >= 15 is 0 Å². The highest BCUT2D eigenvalue weighted by Gasteiger charge is 1.62. The molecule has 182 valence electrons. The molecule has 0 unspecified atom stereocenters. The molecule has 35 heavy (non-hydrogen) atoms. The normalized spacial score (nSPS) is 8.00. The summed E-state index contributed by atoms with van der Waals surface area (Å²) in [6.45, 7) is 0. The van der Waals surface area contributed by atoms with E-state index in [-0.39, 0.29) is 0 Å². The van der Waals surface area contributed by atoms with Gasteiger partial charge in [-0.3, -0.25) is 10.1 Å². The topological polar surface area (TPSA) is 190 Å². The van der Waals surface area contributed by atoms with Crippen molar-refractivity contribution in [3.8, 4) is 0 Å². The summed E-state index contributed by atoms with van der Waals surface area (Å²) in [5.74, 6) is 0. The summed E-state index contributed by atoms with van der Waals surface area (Å²) in [5, 5.41) is 18.0. The fraction of sp³-hybridized carbons (Fsp3) is 0. The molecule has 0 fully saturated rings. The Morgan fingerprint density at radius 1 is 0.657 bits per heavy atom. The lowest BCUT2D eigenvalue weighted by atomic mass is 10.7. The van der Waals surface area contributed by atoms with Crippen LogP contribution in [0.2, 0.25) is 0 Å². The van der Waals surface area contributed by atoms with E-state index in [2.05, 4.69) is 68.8 Å². The number of hydrogen-bond donors (Lipinski definition) is 3. The number of thiazole rings is 1. The lowest BCUT2D eigenvalue weighted by molar-refractivity contribution is 0.416. The third kappa shape index (κ3) is 23.3. The van der Waals surface area contributed by atoms with Crippen molar-refractivity contribution in [2.24, 2.45) is 0 Å². The molecule has 0 atom stereocenters. The standard InChI is InChI=1S/C4H5N.2C3H4N2.C3H3NO.C3H3NS.2C2H2N2O/c1-2-4-5-3-1;1-2-5-3-4-1;1-2-4-5-3-1;2*1-2-5-3-4-1;1-3-4-2-5-1;1-3-2-5-4-1/h1-5H;2*1-3H,(H,4,5);2*1-3H;2*1-2H. The van der Waals surface area contributed by atoms with Gasteiger partial charge in [0.25, 0.3) is 0 Å². The van der Waals surface area contributed by atoms with Crippen LogP contribution in [0, 0.1) is 0 Å².